The Labute approximate surface area is 110 Å². The van der Waals surface area contributed by atoms with E-state index in [1.165, 1.54) is 0 Å². The minimum absolute atomic E-state index is 0.0360. The number of methoxy groups -OCH3 is 1. The van der Waals surface area contributed by atoms with Crippen LogP contribution in [0, 0.1) is 0 Å². The second kappa shape index (κ2) is 8.82. The zero-order valence-electron chi connectivity index (χ0n) is 11.9. The van der Waals surface area contributed by atoms with Crippen LogP contribution >= 0.6 is 0 Å². The third kappa shape index (κ3) is 6.11. The molecule has 2 unspecified atom stereocenters. The Balaban J connectivity index is 2.15. The Morgan fingerprint density at radius 1 is 1.33 bits per heavy atom. The summed E-state index contributed by atoms with van der Waals surface area (Å²) >= 11 is 0. The van der Waals surface area contributed by atoms with Crippen LogP contribution in [0.25, 0.3) is 0 Å². The highest BCUT2D eigenvalue weighted by atomic mass is 16.5. The van der Waals surface area contributed by atoms with E-state index < -0.39 is 6.10 Å². The van der Waals surface area contributed by atoms with Crippen LogP contribution in [0.1, 0.15) is 19.8 Å². The van der Waals surface area contributed by atoms with Crippen LogP contribution < -0.4 is 5.32 Å². The van der Waals surface area contributed by atoms with E-state index in [4.69, 9.17) is 9.47 Å². The van der Waals surface area contributed by atoms with Crippen molar-refractivity contribution in [1.29, 1.82) is 0 Å². The van der Waals surface area contributed by atoms with Gasteiger partial charge in [-0.1, -0.05) is 0 Å². The molecule has 2 N–H and O–H groups in total. The average Bonchev–Trinajstić information content (AvgIpc) is 2.38. The standard InChI is InChI=1S/C13H28N2O3/c1-11(9-17-3)18-10-13(16)8-15(2)12-4-6-14-7-5-12/h11-14,16H,4-10H2,1-3H3. The molecule has 1 aliphatic heterocycles. The first kappa shape index (κ1) is 15.9. The third-order valence-electron chi connectivity index (χ3n) is 3.41. The fraction of sp³-hybridized carbons (Fsp3) is 1.00. The van der Waals surface area contributed by atoms with Crippen molar-refractivity contribution in [2.75, 3.05) is 47.0 Å². The van der Waals surface area contributed by atoms with Crippen molar-refractivity contribution in [3.8, 4) is 0 Å². The van der Waals surface area contributed by atoms with Crippen molar-refractivity contribution < 1.29 is 14.6 Å². The molecule has 1 rings (SSSR count). The molecule has 1 heterocycles. The predicted molar refractivity (Wildman–Crippen MR) is 71.8 cm³/mol. The van der Waals surface area contributed by atoms with Crippen LogP contribution in [0.5, 0.6) is 0 Å². The van der Waals surface area contributed by atoms with Crippen LogP contribution in [0.4, 0.5) is 0 Å². The molecule has 2 atom stereocenters. The molecule has 0 bridgehead atoms. The van der Waals surface area contributed by atoms with Gasteiger partial charge in [0.25, 0.3) is 0 Å². The van der Waals surface area contributed by atoms with Gasteiger partial charge in [0.1, 0.15) is 0 Å². The normalized spacial score (nSPS) is 21.2. The second-order valence-electron chi connectivity index (χ2n) is 5.17. The fourth-order valence-electron chi connectivity index (χ4n) is 2.34. The first-order valence-corrected chi connectivity index (χ1v) is 6.83. The van der Waals surface area contributed by atoms with Gasteiger partial charge in [-0.15, -0.1) is 0 Å². The van der Waals surface area contributed by atoms with E-state index in [1.54, 1.807) is 7.11 Å². The zero-order chi connectivity index (χ0) is 13.4. The maximum Gasteiger partial charge on any atom is 0.0900 e. The summed E-state index contributed by atoms with van der Waals surface area (Å²) in [5, 5.41) is 13.3. The summed E-state index contributed by atoms with van der Waals surface area (Å²) in [6.45, 7) is 5.72. The molecule has 1 fully saturated rings. The van der Waals surface area contributed by atoms with Gasteiger partial charge in [0.15, 0.2) is 0 Å². The Hall–Kier alpha value is -0.200. The summed E-state index contributed by atoms with van der Waals surface area (Å²) in [6, 6.07) is 0.581. The summed E-state index contributed by atoms with van der Waals surface area (Å²) in [4.78, 5) is 2.25. The van der Waals surface area contributed by atoms with Crippen LogP contribution in [-0.4, -0.2) is 75.3 Å². The van der Waals surface area contributed by atoms with Crippen LogP contribution in [0.15, 0.2) is 0 Å². The van der Waals surface area contributed by atoms with Crippen molar-refractivity contribution >= 4 is 0 Å². The van der Waals surface area contributed by atoms with Gasteiger partial charge in [0.05, 0.1) is 25.4 Å². The molecular weight excluding hydrogens is 232 g/mol. The molecule has 0 saturated carbocycles. The van der Waals surface area contributed by atoms with E-state index in [9.17, 15) is 5.11 Å². The number of nitrogens with zero attached hydrogens (tertiary/aromatic N) is 1. The topological polar surface area (TPSA) is 54.0 Å². The molecule has 5 nitrogen and oxygen atoms in total. The van der Waals surface area contributed by atoms with E-state index in [2.05, 4.69) is 17.3 Å². The minimum Gasteiger partial charge on any atom is -0.389 e. The fourth-order valence-corrected chi connectivity index (χ4v) is 2.34. The number of ether oxygens (including phenoxy) is 2. The quantitative estimate of drug-likeness (QED) is 0.647. The molecule has 18 heavy (non-hydrogen) atoms. The molecular formula is C13H28N2O3. The zero-order valence-corrected chi connectivity index (χ0v) is 11.9. The SMILES string of the molecule is COCC(C)OCC(O)CN(C)C1CCNCC1. The summed E-state index contributed by atoms with van der Waals surface area (Å²) in [5.74, 6) is 0. The molecule has 0 spiro atoms. The largest absolute Gasteiger partial charge is 0.389 e. The summed E-state index contributed by atoms with van der Waals surface area (Å²) in [7, 11) is 3.74. The van der Waals surface area contributed by atoms with E-state index >= 15 is 0 Å². The van der Waals surface area contributed by atoms with Gasteiger partial charge in [-0.05, 0) is 39.9 Å². The van der Waals surface area contributed by atoms with Crippen molar-refractivity contribution in [3.63, 3.8) is 0 Å². The maximum absolute atomic E-state index is 9.94. The first-order chi connectivity index (χ1) is 8.63. The van der Waals surface area contributed by atoms with Crippen molar-refractivity contribution in [3.05, 3.63) is 0 Å². The molecule has 0 aliphatic carbocycles. The molecule has 0 aromatic carbocycles. The smallest absolute Gasteiger partial charge is 0.0900 e. The lowest BCUT2D eigenvalue weighted by molar-refractivity contribution is -0.0414. The molecule has 0 radical (unpaired) electrons. The van der Waals surface area contributed by atoms with E-state index in [1.807, 2.05) is 6.92 Å². The number of hydrogen-bond donors (Lipinski definition) is 2. The van der Waals surface area contributed by atoms with Crippen LogP contribution in [0.2, 0.25) is 0 Å². The van der Waals surface area contributed by atoms with E-state index in [0.29, 0.717) is 25.8 Å². The number of piperidine rings is 1. The Kier molecular flexibility index (Phi) is 7.77. The van der Waals surface area contributed by atoms with Gasteiger partial charge in [0, 0.05) is 19.7 Å². The van der Waals surface area contributed by atoms with Crippen molar-refractivity contribution in [1.82, 2.24) is 10.2 Å². The van der Waals surface area contributed by atoms with Gasteiger partial charge in [-0.2, -0.15) is 0 Å². The number of hydrogen-bond acceptors (Lipinski definition) is 5. The van der Waals surface area contributed by atoms with Gasteiger partial charge in [-0.3, -0.25) is 0 Å². The Morgan fingerprint density at radius 3 is 2.61 bits per heavy atom. The van der Waals surface area contributed by atoms with Gasteiger partial charge < -0.3 is 24.8 Å². The molecule has 0 amide bonds. The lowest BCUT2D eigenvalue weighted by Gasteiger charge is -2.33. The Morgan fingerprint density at radius 2 is 2.00 bits per heavy atom. The lowest BCUT2D eigenvalue weighted by atomic mass is 10.1. The minimum atomic E-state index is -0.427. The summed E-state index contributed by atoms with van der Waals surface area (Å²) in [6.07, 6.45) is 1.92. The highest BCUT2D eigenvalue weighted by molar-refractivity contribution is 4.77. The number of nitrogens with one attached hydrogen (secondary N) is 1. The second-order valence-corrected chi connectivity index (χ2v) is 5.17. The average molecular weight is 260 g/mol. The highest BCUT2D eigenvalue weighted by Gasteiger charge is 2.20. The number of likely N-dealkylation sites (N-methyl/N-ethyl adjacent to an activating group) is 1. The van der Waals surface area contributed by atoms with E-state index in [0.717, 1.165) is 25.9 Å². The van der Waals surface area contributed by atoms with Gasteiger partial charge in [-0.25, -0.2) is 0 Å². The van der Waals surface area contributed by atoms with Crippen molar-refractivity contribution in [2.45, 2.75) is 38.0 Å². The third-order valence-corrected chi connectivity index (χ3v) is 3.41. The monoisotopic (exact) mass is 260 g/mol. The lowest BCUT2D eigenvalue weighted by Crippen LogP contribution is -2.44. The molecule has 0 aromatic heterocycles. The molecule has 1 aliphatic rings. The molecule has 5 heteroatoms. The Bertz CT molecular complexity index is 210. The number of rotatable bonds is 8. The van der Waals surface area contributed by atoms with E-state index in [-0.39, 0.29) is 6.10 Å². The van der Waals surface area contributed by atoms with Crippen LogP contribution in [-0.2, 0) is 9.47 Å². The highest BCUT2D eigenvalue weighted by Crippen LogP contribution is 2.10. The summed E-state index contributed by atoms with van der Waals surface area (Å²) in [5.41, 5.74) is 0. The summed E-state index contributed by atoms with van der Waals surface area (Å²) < 4.78 is 10.5. The number of aliphatic hydroxyl groups is 1. The molecule has 1 saturated heterocycles. The van der Waals surface area contributed by atoms with Gasteiger partial charge in [0.2, 0.25) is 0 Å². The van der Waals surface area contributed by atoms with Crippen molar-refractivity contribution in [2.24, 2.45) is 0 Å². The van der Waals surface area contributed by atoms with Gasteiger partial charge >= 0.3 is 0 Å². The number of aliphatic hydroxyl groups excluding tert-OH is 1. The first-order valence-electron chi connectivity index (χ1n) is 6.83. The van der Waals surface area contributed by atoms with Crippen LogP contribution in [0.3, 0.4) is 0 Å². The predicted octanol–water partition coefficient (Wildman–Crippen LogP) is 0.0826. The molecule has 108 valence electrons. The maximum atomic E-state index is 9.94. The molecule has 0 aromatic rings.